The van der Waals surface area contributed by atoms with Gasteiger partial charge in [-0.25, -0.2) is 4.79 Å². The average Bonchev–Trinajstić information content (AvgIpc) is 2.41. The minimum atomic E-state index is -0.289. The molecule has 0 aromatic heterocycles. The van der Waals surface area contributed by atoms with Gasteiger partial charge in [-0.05, 0) is 42.9 Å². The molecule has 3 nitrogen and oxygen atoms in total. The molecule has 1 N–H and O–H groups in total. The number of carbonyl (C=O) groups is 1. The number of nitrogens with one attached hydrogen (secondary N) is 1. The Morgan fingerprint density at radius 2 is 2.11 bits per heavy atom. The lowest BCUT2D eigenvalue weighted by Crippen LogP contribution is -2.32. The van der Waals surface area contributed by atoms with Crippen LogP contribution < -0.4 is 5.32 Å². The van der Waals surface area contributed by atoms with Gasteiger partial charge in [-0.15, -0.1) is 0 Å². The zero-order valence-corrected chi connectivity index (χ0v) is 11.6. The molecule has 1 aromatic rings. The molecule has 0 saturated carbocycles. The van der Waals surface area contributed by atoms with Gasteiger partial charge in [0.1, 0.15) is 0 Å². The van der Waals surface area contributed by atoms with Crippen LogP contribution in [0.15, 0.2) is 24.3 Å². The van der Waals surface area contributed by atoms with Crippen molar-refractivity contribution in [2.45, 2.75) is 31.1 Å². The SMILES string of the molecule is COC(=O)c1ccc(NC2CCCSC2C)cc1. The van der Waals surface area contributed by atoms with Crippen LogP contribution in [0.2, 0.25) is 0 Å². The molecular weight excluding hydrogens is 246 g/mol. The van der Waals surface area contributed by atoms with Gasteiger partial charge in [0.25, 0.3) is 0 Å². The van der Waals surface area contributed by atoms with Crippen molar-refractivity contribution >= 4 is 23.4 Å². The molecule has 0 amide bonds. The first-order valence-corrected chi connectivity index (χ1v) is 7.32. The molecule has 0 aliphatic carbocycles. The Morgan fingerprint density at radius 1 is 1.39 bits per heavy atom. The fourth-order valence-electron chi connectivity index (χ4n) is 2.15. The van der Waals surface area contributed by atoms with Gasteiger partial charge in [-0.1, -0.05) is 6.92 Å². The third-order valence-electron chi connectivity index (χ3n) is 3.26. The van der Waals surface area contributed by atoms with Crippen molar-refractivity contribution in [1.82, 2.24) is 0 Å². The fourth-order valence-corrected chi connectivity index (χ4v) is 3.29. The number of benzene rings is 1. The van der Waals surface area contributed by atoms with E-state index < -0.39 is 0 Å². The highest BCUT2D eigenvalue weighted by Gasteiger charge is 2.21. The molecule has 0 radical (unpaired) electrons. The molecule has 1 aromatic carbocycles. The number of anilines is 1. The summed E-state index contributed by atoms with van der Waals surface area (Å²) in [4.78, 5) is 11.3. The number of carbonyl (C=O) groups excluding carboxylic acids is 1. The van der Waals surface area contributed by atoms with Crippen LogP contribution in [0.25, 0.3) is 0 Å². The molecule has 2 unspecified atom stereocenters. The second-order valence-electron chi connectivity index (χ2n) is 4.54. The summed E-state index contributed by atoms with van der Waals surface area (Å²) < 4.78 is 4.68. The van der Waals surface area contributed by atoms with Gasteiger partial charge in [0, 0.05) is 17.0 Å². The molecule has 0 spiro atoms. The van der Waals surface area contributed by atoms with Crippen LogP contribution in [-0.4, -0.2) is 30.1 Å². The van der Waals surface area contributed by atoms with Crippen molar-refractivity contribution in [3.8, 4) is 0 Å². The Morgan fingerprint density at radius 3 is 2.72 bits per heavy atom. The summed E-state index contributed by atoms with van der Waals surface area (Å²) in [5, 5.41) is 4.18. The molecule has 0 bridgehead atoms. The van der Waals surface area contributed by atoms with E-state index in [4.69, 9.17) is 0 Å². The van der Waals surface area contributed by atoms with Crippen molar-refractivity contribution in [2.24, 2.45) is 0 Å². The van der Waals surface area contributed by atoms with Gasteiger partial charge in [0.2, 0.25) is 0 Å². The lowest BCUT2D eigenvalue weighted by atomic mass is 10.1. The van der Waals surface area contributed by atoms with Crippen molar-refractivity contribution < 1.29 is 9.53 Å². The van der Waals surface area contributed by atoms with E-state index in [1.165, 1.54) is 25.7 Å². The number of hydrogen-bond donors (Lipinski definition) is 1. The molecule has 98 valence electrons. The van der Waals surface area contributed by atoms with Crippen LogP contribution in [0.3, 0.4) is 0 Å². The first kappa shape index (κ1) is 13.3. The zero-order valence-electron chi connectivity index (χ0n) is 10.8. The van der Waals surface area contributed by atoms with Crippen molar-refractivity contribution in [3.63, 3.8) is 0 Å². The summed E-state index contributed by atoms with van der Waals surface area (Å²) in [7, 11) is 1.40. The predicted octanol–water partition coefficient (Wildman–Crippen LogP) is 3.17. The summed E-state index contributed by atoms with van der Waals surface area (Å²) >= 11 is 2.02. The van der Waals surface area contributed by atoms with E-state index in [0.29, 0.717) is 16.9 Å². The zero-order chi connectivity index (χ0) is 13.0. The summed E-state index contributed by atoms with van der Waals surface area (Å²) in [6, 6.07) is 8.01. The van der Waals surface area contributed by atoms with E-state index in [9.17, 15) is 4.79 Å². The second kappa shape index (κ2) is 6.14. The summed E-state index contributed by atoms with van der Waals surface area (Å²) in [5.74, 6) is 0.976. The van der Waals surface area contributed by atoms with Gasteiger partial charge < -0.3 is 10.1 Å². The van der Waals surface area contributed by atoms with Gasteiger partial charge in [0.05, 0.1) is 12.7 Å². The number of esters is 1. The Bertz CT molecular complexity index is 405. The maximum absolute atomic E-state index is 11.3. The highest BCUT2D eigenvalue weighted by Crippen LogP contribution is 2.27. The van der Waals surface area contributed by atoms with E-state index in [2.05, 4.69) is 17.0 Å². The quantitative estimate of drug-likeness (QED) is 0.852. The number of thioether (sulfide) groups is 1. The Labute approximate surface area is 112 Å². The Balaban J connectivity index is 1.99. The summed E-state index contributed by atoms with van der Waals surface area (Å²) in [6.07, 6.45) is 2.49. The molecule has 1 heterocycles. The first-order valence-electron chi connectivity index (χ1n) is 6.27. The van der Waals surface area contributed by atoms with E-state index in [1.807, 2.05) is 23.9 Å². The Kier molecular flexibility index (Phi) is 4.53. The number of ether oxygens (including phenoxy) is 1. The van der Waals surface area contributed by atoms with Gasteiger partial charge in [-0.2, -0.15) is 11.8 Å². The maximum Gasteiger partial charge on any atom is 0.337 e. The highest BCUT2D eigenvalue weighted by atomic mass is 32.2. The normalized spacial score (nSPS) is 23.4. The molecular formula is C14H19NO2S. The summed E-state index contributed by atoms with van der Waals surface area (Å²) in [5.41, 5.74) is 1.66. The Hall–Kier alpha value is -1.16. The molecule has 1 aliphatic rings. The van der Waals surface area contributed by atoms with E-state index >= 15 is 0 Å². The van der Waals surface area contributed by atoms with Crippen molar-refractivity contribution in [2.75, 3.05) is 18.2 Å². The number of rotatable bonds is 3. The smallest absolute Gasteiger partial charge is 0.337 e. The van der Waals surface area contributed by atoms with Crippen LogP contribution in [0.1, 0.15) is 30.1 Å². The van der Waals surface area contributed by atoms with Crippen LogP contribution in [-0.2, 0) is 4.74 Å². The molecule has 1 fully saturated rings. The first-order chi connectivity index (χ1) is 8.70. The lowest BCUT2D eigenvalue weighted by molar-refractivity contribution is 0.0601. The monoisotopic (exact) mass is 265 g/mol. The van der Waals surface area contributed by atoms with Gasteiger partial charge >= 0.3 is 5.97 Å². The third-order valence-corrected chi connectivity index (χ3v) is 4.64. The predicted molar refractivity (Wildman–Crippen MR) is 76.3 cm³/mol. The number of methoxy groups -OCH3 is 1. The van der Waals surface area contributed by atoms with Crippen LogP contribution in [0.4, 0.5) is 5.69 Å². The largest absolute Gasteiger partial charge is 0.465 e. The number of hydrogen-bond acceptors (Lipinski definition) is 4. The van der Waals surface area contributed by atoms with Crippen molar-refractivity contribution in [3.05, 3.63) is 29.8 Å². The molecule has 1 saturated heterocycles. The van der Waals surface area contributed by atoms with Gasteiger partial charge in [-0.3, -0.25) is 0 Å². The fraction of sp³-hybridized carbons (Fsp3) is 0.500. The highest BCUT2D eigenvalue weighted by molar-refractivity contribution is 8.00. The van der Waals surface area contributed by atoms with Crippen molar-refractivity contribution in [1.29, 1.82) is 0 Å². The molecule has 4 heteroatoms. The maximum atomic E-state index is 11.3. The minimum absolute atomic E-state index is 0.289. The lowest BCUT2D eigenvalue weighted by Gasteiger charge is -2.30. The van der Waals surface area contributed by atoms with E-state index in [0.717, 1.165) is 5.69 Å². The molecule has 2 atom stereocenters. The van der Waals surface area contributed by atoms with E-state index in [-0.39, 0.29) is 5.97 Å². The van der Waals surface area contributed by atoms with Crippen LogP contribution in [0.5, 0.6) is 0 Å². The molecule has 2 rings (SSSR count). The van der Waals surface area contributed by atoms with Crippen LogP contribution in [0, 0.1) is 0 Å². The van der Waals surface area contributed by atoms with E-state index in [1.54, 1.807) is 12.1 Å². The molecule has 18 heavy (non-hydrogen) atoms. The third kappa shape index (κ3) is 3.19. The van der Waals surface area contributed by atoms with Gasteiger partial charge in [0.15, 0.2) is 0 Å². The standard InChI is InChI=1S/C14H19NO2S/c1-10-13(4-3-9-18-10)15-12-7-5-11(6-8-12)14(16)17-2/h5-8,10,13,15H,3-4,9H2,1-2H3. The average molecular weight is 265 g/mol. The molecule has 1 aliphatic heterocycles. The second-order valence-corrected chi connectivity index (χ2v) is 6.02. The summed E-state index contributed by atoms with van der Waals surface area (Å²) in [6.45, 7) is 2.27. The van der Waals surface area contributed by atoms with Crippen LogP contribution >= 0.6 is 11.8 Å². The minimum Gasteiger partial charge on any atom is -0.465 e. The topological polar surface area (TPSA) is 38.3 Å².